The molecule has 1 nitrogen and oxygen atoms in total. The van der Waals surface area contributed by atoms with Gasteiger partial charge in [-0.05, 0) is 57.3 Å². The molecular formula is C30H56NPTi. The first-order valence-electron chi connectivity index (χ1n) is 13.9. The Bertz CT molecular complexity index is 536. The van der Waals surface area contributed by atoms with Crippen molar-refractivity contribution in [3.05, 3.63) is 48.7 Å². The van der Waals surface area contributed by atoms with Gasteiger partial charge in [0.2, 0.25) is 0 Å². The molecule has 0 saturated heterocycles. The Morgan fingerprint density at radius 1 is 0.788 bits per heavy atom. The molecule has 3 heteroatoms. The Labute approximate surface area is 224 Å². The molecular weight excluding hydrogens is 453 g/mol. The predicted molar refractivity (Wildman–Crippen MR) is 152 cm³/mol. The molecule has 33 heavy (non-hydrogen) atoms. The molecule has 190 valence electrons. The second-order valence-electron chi connectivity index (χ2n) is 9.29. The summed E-state index contributed by atoms with van der Waals surface area (Å²) in [5.74, 6) is 0. The summed E-state index contributed by atoms with van der Waals surface area (Å²) in [6.45, 7) is 12.7. The Morgan fingerprint density at radius 2 is 1.30 bits per heavy atom. The second kappa shape index (κ2) is 26.5. The Kier molecular flexibility index (Phi) is 28.2. The van der Waals surface area contributed by atoms with Crippen LogP contribution >= 0.6 is 7.05 Å². The first-order chi connectivity index (χ1) is 15.7. The van der Waals surface area contributed by atoms with Crippen LogP contribution in [0, 0.1) is 0 Å². The molecule has 0 fully saturated rings. The minimum absolute atomic E-state index is 0. The molecule has 0 aromatic rings. The molecule has 0 bridgehead atoms. The van der Waals surface area contributed by atoms with Crippen molar-refractivity contribution in [3.63, 3.8) is 0 Å². The summed E-state index contributed by atoms with van der Waals surface area (Å²) in [6, 6.07) is 0. The van der Waals surface area contributed by atoms with Gasteiger partial charge >= 0.3 is 0 Å². The van der Waals surface area contributed by atoms with E-state index in [-0.39, 0.29) is 21.7 Å². The second-order valence-corrected chi connectivity index (χ2v) is 13.0. The summed E-state index contributed by atoms with van der Waals surface area (Å²) >= 11 is 0. The maximum atomic E-state index is 5.51. The third kappa shape index (κ3) is 20.9. The summed E-state index contributed by atoms with van der Waals surface area (Å²) in [4.78, 5) is 0. The Morgan fingerprint density at radius 3 is 1.67 bits per heavy atom. The number of unbranched alkanes of at least 4 members (excludes halogenated alkanes) is 10. The maximum absolute atomic E-state index is 5.51. The minimum atomic E-state index is -1.15. The number of rotatable bonds is 19. The van der Waals surface area contributed by atoms with Crippen molar-refractivity contribution < 1.29 is 21.7 Å². The van der Waals surface area contributed by atoms with Crippen LogP contribution in [0.3, 0.4) is 0 Å². The van der Waals surface area contributed by atoms with Crippen LogP contribution < -0.4 is 0 Å². The van der Waals surface area contributed by atoms with E-state index in [2.05, 4.69) is 58.6 Å². The third-order valence-corrected chi connectivity index (χ3v) is 10.2. The average Bonchev–Trinajstić information content (AvgIpc) is 3.31. The van der Waals surface area contributed by atoms with Crippen LogP contribution in [-0.4, -0.2) is 18.5 Å². The molecule has 0 unspecified atom stereocenters. The molecule has 1 aliphatic rings. The molecule has 0 N–H and O–H groups in total. The van der Waals surface area contributed by atoms with Crippen LogP contribution in [0.1, 0.15) is 124 Å². The fourth-order valence-corrected chi connectivity index (χ4v) is 8.23. The topological polar surface area (TPSA) is 12.4 Å². The van der Waals surface area contributed by atoms with Crippen molar-refractivity contribution in [3.8, 4) is 0 Å². The summed E-state index contributed by atoms with van der Waals surface area (Å²) in [6.07, 6.45) is 37.1. The molecule has 0 saturated carbocycles. The molecule has 1 aliphatic carbocycles. The summed E-state index contributed by atoms with van der Waals surface area (Å²) in [7, 11) is -1.15. The fourth-order valence-electron chi connectivity index (χ4n) is 4.13. The van der Waals surface area contributed by atoms with E-state index >= 15 is 0 Å². The van der Waals surface area contributed by atoms with E-state index in [0.29, 0.717) is 0 Å². The van der Waals surface area contributed by atoms with Gasteiger partial charge in [-0.3, -0.25) is 4.74 Å². The van der Waals surface area contributed by atoms with E-state index in [0.717, 1.165) is 6.42 Å². The van der Waals surface area contributed by atoms with Crippen LogP contribution in [0.2, 0.25) is 0 Å². The molecule has 0 spiro atoms. The number of hydrogen-bond donors (Lipinski definition) is 0. The van der Waals surface area contributed by atoms with Crippen molar-refractivity contribution in [2.75, 3.05) is 18.5 Å². The first-order valence-corrected chi connectivity index (χ1v) is 16.2. The molecule has 0 heterocycles. The summed E-state index contributed by atoms with van der Waals surface area (Å²) in [5, 5.41) is 0. The monoisotopic (exact) mass is 509 g/mol. The van der Waals surface area contributed by atoms with Crippen molar-refractivity contribution in [1.82, 2.24) is 0 Å². The van der Waals surface area contributed by atoms with E-state index in [1.165, 1.54) is 114 Å². The van der Waals surface area contributed by atoms with Gasteiger partial charge in [0, 0.05) is 33.8 Å². The van der Waals surface area contributed by atoms with Gasteiger partial charge in [0.05, 0.1) is 0 Å². The maximum Gasteiger partial charge on any atom is 0.0425 e. The van der Waals surface area contributed by atoms with Crippen molar-refractivity contribution in [1.29, 1.82) is 0 Å². The zero-order valence-electron chi connectivity index (χ0n) is 22.8. The number of nitrogens with zero attached hydrogens (tertiary/aromatic N) is 1. The van der Waals surface area contributed by atoms with Crippen molar-refractivity contribution in [2.24, 2.45) is 4.74 Å². The van der Waals surface area contributed by atoms with Gasteiger partial charge in [0.1, 0.15) is 0 Å². The molecule has 0 aromatic carbocycles. The first kappa shape index (κ1) is 35.1. The van der Waals surface area contributed by atoms with E-state index in [4.69, 9.17) is 4.74 Å². The van der Waals surface area contributed by atoms with Gasteiger partial charge in [-0.2, -0.15) is 0 Å². The molecule has 0 atom stereocenters. The van der Waals surface area contributed by atoms with E-state index in [9.17, 15) is 0 Å². The van der Waals surface area contributed by atoms with Crippen LogP contribution in [-0.2, 0) is 21.7 Å². The van der Waals surface area contributed by atoms with Crippen LogP contribution in [0.5, 0.6) is 0 Å². The van der Waals surface area contributed by atoms with Gasteiger partial charge in [-0.1, -0.05) is 129 Å². The molecule has 0 aromatic heterocycles. The quantitative estimate of drug-likeness (QED) is 0.0710. The predicted octanol–water partition coefficient (Wildman–Crippen LogP) is 11.3. The smallest absolute Gasteiger partial charge is 0.0425 e. The standard InChI is InChI=1S/C23H44NP.C7H12.Ti/c1-4-7-10-15-20-25(21-16-11-8-5-2,22-17-12-9-6-3)24-23-18-13-14-19-23;1-3-5-7-6-4-2;/h13-14,18H,4-12,15-17,19-22H2,1-3H3;3,5,7H,1,4,6H2,2H3;. The summed E-state index contributed by atoms with van der Waals surface area (Å²) in [5.41, 5.74) is 1.38. The van der Waals surface area contributed by atoms with E-state index in [1.807, 2.05) is 6.08 Å². The molecule has 0 radical (unpaired) electrons. The largest absolute Gasteiger partial charge is 0.272 e. The van der Waals surface area contributed by atoms with Crippen LogP contribution in [0.4, 0.5) is 0 Å². The van der Waals surface area contributed by atoms with Gasteiger partial charge in [-0.15, -0.1) is 0 Å². The van der Waals surface area contributed by atoms with Crippen LogP contribution in [0.25, 0.3) is 0 Å². The van der Waals surface area contributed by atoms with Gasteiger partial charge in [-0.25, -0.2) is 0 Å². The van der Waals surface area contributed by atoms with E-state index in [1.54, 1.807) is 6.08 Å². The van der Waals surface area contributed by atoms with Gasteiger partial charge in [0.15, 0.2) is 0 Å². The van der Waals surface area contributed by atoms with Gasteiger partial charge < -0.3 is 0 Å². The van der Waals surface area contributed by atoms with Crippen molar-refractivity contribution in [2.45, 2.75) is 124 Å². The SMILES string of the molecule is C=CC=CCCC.CCCCCCP(CCCCCC)(CCCCCC)=NC1=CC=CC1.[Ti]. The number of hydrogen-bond acceptors (Lipinski definition) is 1. The summed E-state index contributed by atoms with van der Waals surface area (Å²) < 4.78 is 5.51. The molecule has 0 amide bonds. The van der Waals surface area contributed by atoms with Crippen molar-refractivity contribution >= 4 is 7.05 Å². The normalized spacial score (nSPS) is 12.8. The Hall–Kier alpha value is -0.0957. The van der Waals surface area contributed by atoms with Gasteiger partial charge in [0.25, 0.3) is 0 Å². The third-order valence-electron chi connectivity index (χ3n) is 6.10. The Balaban J connectivity index is 0. The zero-order chi connectivity index (χ0) is 23.8. The minimum Gasteiger partial charge on any atom is -0.272 e. The molecule has 0 aliphatic heterocycles. The average molecular weight is 510 g/mol. The zero-order valence-corrected chi connectivity index (χ0v) is 25.2. The fraction of sp³-hybridized carbons (Fsp3) is 0.733. The number of allylic oxidation sites excluding steroid dienone is 6. The van der Waals surface area contributed by atoms with Crippen LogP contribution in [0.15, 0.2) is 53.5 Å². The molecule has 1 rings (SSSR count). The van der Waals surface area contributed by atoms with E-state index < -0.39 is 7.05 Å².